The number of rotatable bonds is 1. The molecule has 2 N–H and O–H groups in total. The van der Waals surface area contributed by atoms with E-state index in [9.17, 15) is 4.39 Å². The quantitative estimate of drug-likeness (QED) is 0.713. The summed E-state index contributed by atoms with van der Waals surface area (Å²) >= 11 is 1.08. The maximum atomic E-state index is 12.8. The largest absolute Gasteiger partial charge is 0.495 e. The fourth-order valence-electron chi connectivity index (χ4n) is 1.23. The Kier molecular flexibility index (Phi) is 1.84. The van der Waals surface area contributed by atoms with Crippen LogP contribution in [0.5, 0.6) is 5.75 Å². The smallest absolute Gasteiger partial charge is 0.177 e. The van der Waals surface area contributed by atoms with Gasteiger partial charge in [-0.15, -0.1) is 11.3 Å². The van der Waals surface area contributed by atoms with Crippen LogP contribution in [0, 0.1) is 5.13 Å². The van der Waals surface area contributed by atoms with Crippen LogP contribution in [-0.4, -0.2) is 7.11 Å². The number of ether oxygens (including phenoxy) is 1. The molecule has 0 saturated heterocycles. The summed E-state index contributed by atoms with van der Waals surface area (Å²) in [5, 5.41) is 0.621. The first kappa shape index (κ1) is 8.31. The van der Waals surface area contributed by atoms with E-state index in [-0.39, 0.29) is 5.13 Å². The van der Waals surface area contributed by atoms with E-state index in [4.69, 9.17) is 10.5 Å². The molecule has 2 aromatic rings. The predicted octanol–water partition coefficient (Wildman–Crippen LogP) is 2.63. The Morgan fingerprint density at radius 3 is 2.85 bits per heavy atom. The van der Waals surface area contributed by atoms with E-state index < -0.39 is 0 Å². The van der Waals surface area contributed by atoms with Gasteiger partial charge in [0.05, 0.1) is 12.8 Å². The molecule has 1 aromatic heterocycles. The van der Waals surface area contributed by atoms with Crippen molar-refractivity contribution >= 4 is 27.1 Å². The summed E-state index contributed by atoms with van der Waals surface area (Å²) in [7, 11) is 1.54. The van der Waals surface area contributed by atoms with Crippen LogP contribution < -0.4 is 10.5 Å². The van der Waals surface area contributed by atoms with Gasteiger partial charge < -0.3 is 10.5 Å². The number of halogens is 1. The summed E-state index contributed by atoms with van der Waals surface area (Å²) in [4.78, 5) is 0. The lowest BCUT2D eigenvalue weighted by Crippen LogP contribution is -1.90. The van der Waals surface area contributed by atoms with E-state index in [0.29, 0.717) is 11.4 Å². The molecule has 2 rings (SSSR count). The highest BCUT2D eigenvalue weighted by Crippen LogP contribution is 2.32. The normalized spacial score (nSPS) is 10.6. The molecule has 0 saturated carbocycles. The second-order valence-corrected chi connectivity index (χ2v) is 3.72. The van der Waals surface area contributed by atoms with Crippen molar-refractivity contribution in [1.82, 2.24) is 0 Å². The zero-order valence-corrected chi connectivity index (χ0v) is 7.82. The second-order valence-electron chi connectivity index (χ2n) is 2.68. The molecule has 0 amide bonds. The molecular weight excluding hydrogens is 189 g/mol. The Hall–Kier alpha value is -1.29. The van der Waals surface area contributed by atoms with Crippen LogP contribution in [-0.2, 0) is 0 Å². The topological polar surface area (TPSA) is 35.2 Å². The number of nitrogens with two attached hydrogens (primary N) is 1. The van der Waals surface area contributed by atoms with Crippen LogP contribution in [0.1, 0.15) is 0 Å². The molecule has 0 aliphatic rings. The summed E-state index contributed by atoms with van der Waals surface area (Å²) in [5.74, 6) is 0.588. The van der Waals surface area contributed by atoms with Gasteiger partial charge in [0, 0.05) is 4.70 Å². The average molecular weight is 197 g/mol. The second kappa shape index (κ2) is 2.88. The van der Waals surface area contributed by atoms with Crippen molar-refractivity contribution in [3.63, 3.8) is 0 Å². The van der Waals surface area contributed by atoms with Crippen molar-refractivity contribution in [2.45, 2.75) is 0 Å². The van der Waals surface area contributed by atoms with Gasteiger partial charge in [0.2, 0.25) is 0 Å². The average Bonchev–Trinajstić information content (AvgIpc) is 2.42. The van der Waals surface area contributed by atoms with E-state index in [1.54, 1.807) is 19.2 Å². The number of hydrogen-bond donors (Lipinski definition) is 1. The molecular formula is C9H8FNOS. The van der Waals surface area contributed by atoms with E-state index in [1.807, 2.05) is 0 Å². The maximum Gasteiger partial charge on any atom is 0.177 e. The third-order valence-electron chi connectivity index (χ3n) is 1.84. The standard InChI is InChI=1S/C9H8FNOS/c1-12-7-2-5-3-9(10)13-8(5)4-6(7)11/h2-4H,11H2,1H3. The molecule has 0 aliphatic carbocycles. The molecule has 0 radical (unpaired) electrons. The summed E-state index contributed by atoms with van der Waals surface area (Å²) in [6.45, 7) is 0. The SMILES string of the molecule is COc1cc2cc(F)sc2cc1N. The zero-order chi connectivity index (χ0) is 9.42. The Morgan fingerprint density at radius 1 is 1.38 bits per heavy atom. The fraction of sp³-hybridized carbons (Fsp3) is 0.111. The van der Waals surface area contributed by atoms with Crippen LogP contribution in [0.4, 0.5) is 10.1 Å². The molecule has 0 spiro atoms. The molecule has 68 valence electrons. The van der Waals surface area contributed by atoms with Gasteiger partial charge in [-0.3, -0.25) is 0 Å². The van der Waals surface area contributed by atoms with Crippen molar-refractivity contribution < 1.29 is 9.13 Å². The van der Waals surface area contributed by atoms with Crippen LogP contribution in [0.2, 0.25) is 0 Å². The molecule has 1 aromatic carbocycles. The number of thiophene rings is 1. The highest BCUT2D eigenvalue weighted by Gasteiger charge is 2.05. The van der Waals surface area contributed by atoms with E-state index >= 15 is 0 Å². The van der Waals surface area contributed by atoms with Gasteiger partial charge in [0.15, 0.2) is 5.13 Å². The van der Waals surface area contributed by atoms with Crippen molar-refractivity contribution in [1.29, 1.82) is 0 Å². The highest BCUT2D eigenvalue weighted by atomic mass is 32.1. The van der Waals surface area contributed by atoms with Gasteiger partial charge in [-0.05, 0) is 23.6 Å². The van der Waals surface area contributed by atoms with Gasteiger partial charge in [-0.25, -0.2) is 0 Å². The lowest BCUT2D eigenvalue weighted by molar-refractivity contribution is 0.417. The molecule has 2 nitrogen and oxygen atoms in total. The number of benzene rings is 1. The molecule has 13 heavy (non-hydrogen) atoms. The molecule has 0 atom stereocenters. The van der Waals surface area contributed by atoms with Crippen molar-refractivity contribution in [3.8, 4) is 5.75 Å². The molecule has 0 aliphatic heterocycles. The van der Waals surface area contributed by atoms with Gasteiger partial charge in [-0.1, -0.05) is 0 Å². The van der Waals surface area contributed by atoms with E-state index in [1.165, 1.54) is 6.07 Å². The van der Waals surface area contributed by atoms with Crippen LogP contribution >= 0.6 is 11.3 Å². The van der Waals surface area contributed by atoms with Gasteiger partial charge in [0.1, 0.15) is 5.75 Å². The van der Waals surface area contributed by atoms with Crippen molar-refractivity contribution in [2.24, 2.45) is 0 Å². The Balaban J connectivity index is 2.72. The summed E-state index contributed by atoms with van der Waals surface area (Å²) in [6.07, 6.45) is 0. The van der Waals surface area contributed by atoms with Crippen LogP contribution in [0.25, 0.3) is 10.1 Å². The first-order chi connectivity index (χ1) is 6.20. The zero-order valence-electron chi connectivity index (χ0n) is 7.00. The molecule has 1 heterocycles. The lowest BCUT2D eigenvalue weighted by Gasteiger charge is -2.02. The van der Waals surface area contributed by atoms with Crippen LogP contribution in [0.3, 0.4) is 0 Å². The van der Waals surface area contributed by atoms with Gasteiger partial charge in [-0.2, -0.15) is 4.39 Å². The number of methoxy groups -OCH3 is 1. The number of anilines is 1. The number of fused-ring (bicyclic) bond motifs is 1. The fourth-order valence-corrected chi connectivity index (χ4v) is 2.04. The third kappa shape index (κ3) is 1.33. The molecule has 4 heteroatoms. The van der Waals surface area contributed by atoms with Crippen molar-refractivity contribution in [3.05, 3.63) is 23.3 Å². The minimum absolute atomic E-state index is 0.206. The third-order valence-corrected chi connectivity index (χ3v) is 2.72. The number of hydrogen-bond acceptors (Lipinski definition) is 3. The van der Waals surface area contributed by atoms with Gasteiger partial charge in [0.25, 0.3) is 0 Å². The summed E-state index contributed by atoms with van der Waals surface area (Å²) < 4.78 is 18.7. The monoisotopic (exact) mass is 197 g/mol. The molecule has 0 fully saturated rings. The first-order valence-corrected chi connectivity index (χ1v) is 4.55. The minimum Gasteiger partial charge on any atom is -0.495 e. The minimum atomic E-state index is -0.206. The molecule has 0 bridgehead atoms. The van der Waals surface area contributed by atoms with Gasteiger partial charge >= 0.3 is 0 Å². The Labute approximate surface area is 78.7 Å². The highest BCUT2D eigenvalue weighted by molar-refractivity contribution is 7.17. The molecule has 0 unspecified atom stereocenters. The van der Waals surface area contributed by atoms with E-state index in [0.717, 1.165) is 21.4 Å². The summed E-state index contributed by atoms with van der Waals surface area (Å²) in [6, 6.07) is 4.94. The Bertz CT molecular complexity index is 452. The first-order valence-electron chi connectivity index (χ1n) is 3.73. The Morgan fingerprint density at radius 2 is 2.15 bits per heavy atom. The maximum absolute atomic E-state index is 12.8. The number of nitrogen functional groups attached to an aromatic ring is 1. The van der Waals surface area contributed by atoms with E-state index in [2.05, 4.69) is 0 Å². The van der Waals surface area contributed by atoms with Crippen LogP contribution in [0.15, 0.2) is 18.2 Å². The summed E-state index contributed by atoms with van der Waals surface area (Å²) in [5.41, 5.74) is 6.20. The van der Waals surface area contributed by atoms with Crippen molar-refractivity contribution in [2.75, 3.05) is 12.8 Å². The lowest BCUT2D eigenvalue weighted by atomic mass is 10.2. The predicted molar refractivity (Wildman–Crippen MR) is 52.7 cm³/mol.